The van der Waals surface area contributed by atoms with E-state index in [0.717, 1.165) is 31.6 Å². The van der Waals surface area contributed by atoms with Crippen molar-refractivity contribution >= 4 is 18.3 Å². The third-order valence-corrected chi connectivity index (χ3v) is 5.65. The van der Waals surface area contributed by atoms with Gasteiger partial charge in [-0.05, 0) is 55.9 Å². The van der Waals surface area contributed by atoms with Gasteiger partial charge in [0, 0.05) is 12.0 Å². The molecule has 0 aromatic rings. The van der Waals surface area contributed by atoms with E-state index < -0.39 is 0 Å². The lowest BCUT2D eigenvalue weighted by molar-refractivity contribution is -0.127. The van der Waals surface area contributed by atoms with Crippen LogP contribution < -0.4 is 11.1 Å². The summed E-state index contributed by atoms with van der Waals surface area (Å²) < 4.78 is 0. The number of halogens is 1. The fraction of sp³-hybridized carbons (Fsp3) is 0.941. The Hall–Kier alpha value is -0.280. The summed E-state index contributed by atoms with van der Waals surface area (Å²) in [5.41, 5.74) is 5.81. The van der Waals surface area contributed by atoms with Gasteiger partial charge in [0.15, 0.2) is 0 Å². The van der Waals surface area contributed by atoms with Crippen LogP contribution in [0.4, 0.5) is 0 Å². The van der Waals surface area contributed by atoms with E-state index in [2.05, 4.69) is 26.1 Å². The molecule has 3 nitrogen and oxygen atoms in total. The SMILES string of the molecule is CC1CCC(C(C)C)C(NC(=O)[C@@H]2CCC[C@@H]2CN)C1.Cl. The van der Waals surface area contributed by atoms with Gasteiger partial charge in [-0.15, -0.1) is 12.4 Å². The number of carbonyl (C=O) groups excluding carboxylic acids is 1. The second-order valence-corrected chi connectivity index (χ2v) is 7.47. The van der Waals surface area contributed by atoms with Crippen LogP contribution in [-0.4, -0.2) is 18.5 Å². The van der Waals surface area contributed by atoms with Crippen molar-refractivity contribution in [1.82, 2.24) is 5.32 Å². The molecule has 0 aromatic heterocycles. The smallest absolute Gasteiger partial charge is 0.223 e. The topological polar surface area (TPSA) is 55.1 Å². The third-order valence-electron chi connectivity index (χ3n) is 5.65. The molecule has 2 rings (SSSR count). The Morgan fingerprint density at radius 2 is 1.95 bits per heavy atom. The molecule has 0 aliphatic heterocycles. The van der Waals surface area contributed by atoms with Gasteiger partial charge in [-0.25, -0.2) is 0 Å². The molecule has 4 heteroatoms. The first-order valence-electron chi connectivity index (χ1n) is 8.53. The molecule has 21 heavy (non-hydrogen) atoms. The molecule has 3 N–H and O–H groups in total. The van der Waals surface area contributed by atoms with Gasteiger partial charge in [0.05, 0.1) is 0 Å². The number of hydrogen-bond acceptors (Lipinski definition) is 2. The molecule has 0 aromatic carbocycles. The van der Waals surface area contributed by atoms with Gasteiger partial charge in [-0.3, -0.25) is 4.79 Å². The fourth-order valence-corrected chi connectivity index (χ4v) is 4.32. The van der Waals surface area contributed by atoms with Gasteiger partial charge in [0.25, 0.3) is 0 Å². The molecule has 5 atom stereocenters. The molecule has 0 saturated heterocycles. The zero-order chi connectivity index (χ0) is 14.7. The highest BCUT2D eigenvalue weighted by atomic mass is 35.5. The monoisotopic (exact) mass is 316 g/mol. The van der Waals surface area contributed by atoms with Gasteiger partial charge >= 0.3 is 0 Å². The van der Waals surface area contributed by atoms with Gasteiger partial charge < -0.3 is 11.1 Å². The van der Waals surface area contributed by atoms with Crippen LogP contribution in [0.15, 0.2) is 0 Å². The summed E-state index contributed by atoms with van der Waals surface area (Å²) in [6.45, 7) is 7.55. The average Bonchev–Trinajstić information content (AvgIpc) is 2.86. The molecule has 124 valence electrons. The molecule has 1 amide bonds. The van der Waals surface area contributed by atoms with Crippen molar-refractivity contribution in [3.63, 3.8) is 0 Å². The lowest BCUT2D eigenvalue weighted by atomic mass is 9.74. The number of nitrogens with two attached hydrogens (primary N) is 1. The number of amides is 1. The molecular formula is C17H33ClN2O. The number of nitrogens with one attached hydrogen (secondary N) is 1. The van der Waals surface area contributed by atoms with Crippen molar-refractivity contribution in [2.45, 2.75) is 65.3 Å². The lowest BCUT2D eigenvalue weighted by Gasteiger charge is -2.38. The van der Waals surface area contributed by atoms with Gasteiger partial charge in [-0.2, -0.15) is 0 Å². The summed E-state index contributed by atoms with van der Waals surface area (Å²) in [5.74, 6) is 2.90. The van der Waals surface area contributed by atoms with E-state index in [1.54, 1.807) is 0 Å². The maximum atomic E-state index is 12.6. The van der Waals surface area contributed by atoms with Gasteiger partial charge in [-0.1, -0.05) is 33.6 Å². The minimum absolute atomic E-state index is 0. The van der Waals surface area contributed by atoms with Crippen molar-refractivity contribution in [2.75, 3.05) is 6.54 Å². The van der Waals surface area contributed by atoms with Crippen LogP contribution in [0.2, 0.25) is 0 Å². The zero-order valence-electron chi connectivity index (χ0n) is 13.8. The maximum absolute atomic E-state index is 12.6. The van der Waals surface area contributed by atoms with Gasteiger partial charge in [0.2, 0.25) is 5.91 Å². The highest BCUT2D eigenvalue weighted by Gasteiger charge is 2.36. The van der Waals surface area contributed by atoms with E-state index in [1.807, 2.05) is 0 Å². The molecule has 2 aliphatic rings. The molecule has 2 saturated carbocycles. The Morgan fingerprint density at radius 3 is 2.57 bits per heavy atom. The fourth-order valence-electron chi connectivity index (χ4n) is 4.32. The van der Waals surface area contributed by atoms with Gasteiger partial charge in [0.1, 0.15) is 0 Å². The minimum atomic E-state index is 0. The highest BCUT2D eigenvalue weighted by Crippen LogP contribution is 2.35. The van der Waals surface area contributed by atoms with E-state index in [-0.39, 0.29) is 24.2 Å². The largest absolute Gasteiger partial charge is 0.353 e. The second-order valence-electron chi connectivity index (χ2n) is 7.47. The van der Waals surface area contributed by atoms with Crippen molar-refractivity contribution in [1.29, 1.82) is 0 Å². The first kappa shape index (κ1) is 18.8. The van der Waals surface area contributed by atoms with Crippen LogP contribution in [0.5, 0.6) is 0 Å². The lowest BCUT2D eigenvalue weighted by Crippen LogP contribution is -2.48. The van der Waals surface area contributed by atoms with Crippen molar-refractivity contribution < 1.29 is 4.79 Å². The minimum Gasteiger partial charge on any atom is -0.353 e. The highest BCUT2D eigenvalue weighted by molar-refractivity contribution is 5.85. The molecule has 0 radical (unpaired) electrons. The Labute approximate surface area is 136 Å². The van der Waals surface area contributed by atoms with E-state index in [9.17, 15) is 4.79 Å². The Morgan fingerprint density at radius 1 is 1.24 bits per heavy atom. The normalized spacial score (nSPS) is 36.3. The van der Waals surface area contributed by atoms with E-state index in [1.165, 1.54) is 12.8 Å². The zero-order valence-corrected chi connectivity index (χ0v) is 14.6. The quantitative estimate of drug-likeness (QED) is 0.835. The summed E-state index contributed by atoms with van der Waals surface area (Å²) in [6, 6.07) is 0.380. The summed E-state index contributed by atoms with van der Waals surface area (Å²) in [7, 11) is 0. The summed E-state index contributed by atoms with van der Waals surface area (Å²) >= 11 is 0. The first-order chi connectivity index (χ1) is 9.52. The van der Waals surface area contributed by atoms with Crippen LogP contribution in [0.25, 0.3) is 0 Å². The Kier molecular flexibility index (Phi) is 7.49. The number of rotatable bonds is 4. The molecule has 2 fully saturated rings. The van der Waals surface area contributed by atoms with Crippen molar-refractivity contribution in [2.24, 2.45) is 35.3 Å². The van der Waals surface area contributed by atoms with Crippen molar-refractivity contribution in [3.8, 4) is 0 Å². The van der Waals surface area contributed by atoms with Crippen LogP contribution in [-0.2, 0) is 4.79 Å². The summed E-state index contributed by atoms with van der Waals surface area (Å²) in [4.78, 5) is 12.6. The van der Waals surface area contributed by atoms with E-state index in [0.29, 0.717) is 30.3 Å². The molecule has 0 bridgehead atoms. The summed E-state index contributed by atoms with van der Waals surface area (Å²) in [5, 5.41) is 3.39. The third kappa shape index (κ3) is 4.59. The molecule has 0 heterocycles. The number of hydrogen-bond donors (Lipinski definition) is 2. The standard InChI is InChI=1S/C17H32N2O.ClH/c1-11(2)14-8-7-12(3)9-16(14)19-17(20)15-6-4-5-13(15)10-18;/h11-16H,4-10,18H2,1-3H3,(H,19,20);1H/t12?,13-,14?,15-,16?;/m1./s1. The van der Waals surface area contributed by atoms with E-state index in [4.69, 9.17) is 5.73 Å². The predicted octanol–water partition coefficient (Wildman–Crippen LogP) is 3.36. The first-order valence-corrected chi connectivity index (χ1v) is 8.53. The van der Waals surface area contributed by atoms with Crippen LogP contribution in [0, 0.1) is 29.6 Å². The molecule has 3 unspecified atom stereocenters. The molecule has 0 spiro atoms. The number of carbonyl (C=O) groups is 1. The van der Waals surface area contributed by atoms with Crippen molar-refractivity contribution in [3.05, 3.63) is 0 Å². The van der Waals surface area contributed by atoms with E-state index >= 15 is 0 Å². The Balaban J connectivity index is 0.00000220. The second kappa shape index (κ2) is 8.38. The Bertz CT molecular complexity index is 335. The van der Waals surface area contributed by atoms with Crippen LogP contribution >= 0.6 is 12.4 Å². The van der Waals surface area contributed by atoms with Crippen LogP contribution in [0.1, 0.15) is 59.3 Å². The molecular weight excluding hydrogens is 284 g/mol. The molecule has 2 aliphatic carbocycles. The average molecular weight is 317 g/mol. The predicted molar refractivity (Wildman–Crippen MR) is 90.4 cm³/mol. The van der Waals surface area contributed by atoms with Crippen LogP contribution in [0.3, 0.4) is 0 Å². The summed E-state index contributed by atoms with van der Waals surface area (Å²) in [6.07, 6.45) is 7.04. The maximum Gasteiger partial charge on any atom is 0.223 e.